The Kier molecular flexibility index (Phi) is 4.74. The molecule has 0 fully saturated rings. The van der Waals surface area contributed by atoms with E-state index in [1.54, 1.807) is 0 Å². The molecule has 7 heteroatoms. The molecule has 2 rings (SSSR count). The number of hydrogen-bond acceptors (Lipinski definition) is 4. The summed E-state index contributed by atoms with van der Waals surface area (Å²) in [6.45, 7) is 0. The molecule has 0 saturated carbocycles. The van der Waals surface area contributed by atoms with Crippen LogP contribution < -0.4 is 5.32 Å². The highest BCUT2D eigenvalue weighted by Crippen LogP contribution is 2.25. The lowest BCUT2D eigenvalue weighted by molar-refractivity contribution is 0.0683. The lowest BCUT2D eigenvalue weighted by Gasteiger charge is -2.09. The second-order valence-corrected chi connectivity index (χ2v) is 4.87. The van der Waals surface area contributed by atoms with Gasteiger partial charge in [-0.25, -0.2) is 9.59 Å². The Morgan fingerprint density at radius 2 is 1.42 bits per heavy atom. The van der Waals surface area contributed by atoms with Crippen molar-refractivity contribution in [1.82, 2.24) is 5.32 Å². The largest absolute Gasteiger partial charge is 0.478 e. The monoisotopic (exact) mass is 327 g/mol. The van der Waals surface area contributed by atoms with Crippen LogP contribution in [0.3, 0.4) is 0 Å². The molecule has 1 amide bonds. The number of aldehydes is 1. The maximum atomic E-state index is 11.9. The molecule has 7 nitrogen and oxygen atoms in total. The maximum absolute atomic E-state index is 11.9. The van der Waals surface area contributed by atoms with Crippen molar-refractivity contribution in [2.24, 2.45) is 0 Å². The number of carboxylic acids is 2. The van der Waals surface area contributed by atoms with Gasteiger partial charge in [0.2, 0.25) is 0 Å². The van der Waals surface area contributed by atoms with E-state index in [0.29, 0.717) is 17.4 Å². The Balaban J connectivity index is 2.61. The average molecular weight is 327 g/mol. The van der Waals surface area contributed by atoms with Gasteiger partial charge in [0.1, 0.15) is 0 Å². The fraction of sp³-hybridized carbons (Fsp3) is 0.0588. The Morgan fingerprint density at radius 1 is 0.875 bits per heavy atom. The third-order valence-electron chi connectivity index (χ3n) is 3.46. The van der Waals surface area contributed by atoms with Crippen molar-refractivity contribution in [3.63, 3.8) is 0 Å². The molecule has 0 radical (unpaired) electrons. The zero-order valence-electron chi connectivity index (χ0n) is 12.6. The van der Waals surface area contributed by atoms with Gasteiger partial charge in [0.25, 0.3) is 5.91 Å². The van der Waals surface area contributed by atoms with E-state index in [2.05, 4.69) is 5.32 Å². The van der Waals surface area contributed by atoms with E-state index in [9.17, 15) is 19.2 Å². The fourth-order valence-corrected chi connectivity index (χ4v) is 2.27. The molecule has 0 saturated heterocycles. The molecule has 2 aromatic carbocycles. The predicted octanol–water partition coefficient (Wildman–Crippen LogP) is 1.92. The van der Waals surface area contributed by atoms with E-state index >= 15 is 0 Å². The molecular formula is C17H13NO6. The standard InChI is InChI=1S/C17H13NO6/c1-18-15(20)14-7-10(3-5-13(14)17(23)24)9-2-4-12(16(21)22)11(6-9)8-19/h2-8H,1H3,(H,18,20)(H,21,22)(H,23,24). The third kappa shape index (κ3) is 3.14. The number of carbonyl (C=O) groups is 4. The van der Waals surface area contributed by atoms with Gasteiger partial charge in [-0.1, -0.05) is 12.1 Å². The zero-order valence-corrected chi connectivity index (χ0v) is 12.6. The van der Waals surface area contributed by atoms with E-state index < -0.39 is 17.8 Å². The minimum Gasteiger partial charge on any atom is -0.478 e. The van der Waals surface area contributed by atoms with Crippen LogP contribution in [0.2, 0.25) is 0 Å². The normalized spacial score (nSPS) is 10.0. The topological polar surface area (TPSA) is 121 Å². The van der Waals surface area contributed by atoms with Crippen LogP contribution in [-0.4, -0.2) is 41.4 Å². The van der Waals surface area contributed by atoms with Crippen LogP contribution in [0.1, 0.15) is 41.4 Å². The van der Waals surface area contributed by atoms with E-state index in [-0.39, 0.29) is 22.3 Å². The molecule has 0 aliphatic carbocycles. The molecule has 0 unspecified atom stereocenters. The second kappa shape index (κ2) is 6.74. The zero-order chi connectivity index (χ0) is 17.9. The number of amides is 1. The first kappa shape index (κ1) is 16.9. The van der Waals surface area contributed by atoms with Crippen molar-refractivity contribution in [3.8, 4) is 11.1 Å². The highest BCUT2D eigenvalue weighted by molar-refractivity contribution is 6.06. The lowest BCUT2D eigenvalue weighted by Crippen LogP contribution is -2.21. The summed E-state index contributed by atoms with van der Waals surface area (Å²) < 4.78 is 0. The van der Waals surface area contributed by atoms with Gasteiger partial charge >= 0.3 is 11.9 Å². The van der Waals surface area contributed by atoms with Gasteiger partial charge < -0.3 is 15.5 Å². The van der Waals surface area contributed by atoms with Crippen LogP contribution in [0.4, 0.5) is 0 Å². The molecule has 3 N–H and O–H groups in total. The molecule has 0 spiro atoms. The molecule has 0 atom stereocenters. The summed E-state index contributed by atoms with van der Waals surface area (Å²) in [4.78, 5) is 45.2. The van der Waals surface area contributed by atoms with E-state index in [1.807, 2.05) is 0 Å². The van der Waals surface area contributed by atoms with Gasteiger partial charge in [0, 0.05) is 12.6 Å². The van der Waals surface area contributed by atoms with Crippen molar-refractivity contribution >= 4 is 24.1 Å². The molecule has 0 bridgehead atoms. The molecule has 122 valence electrons. The maximum Gasteiger partial charge on any atom is 0.336 e. The first-order valence-electron chi connectivity index (χ1n) is 6.81. The molecule has 0 aliphatic heterocycles. The first-order chi connectivity index (χ1) is 11.4. The smallest absolute Gasteiger partial charge is 0.336 e. The minimum absolute atomic E-state index is 0.0104. The number of carboxylic acid groups (broad SMARTS) is 2. The van der Waals surface area contributed by atoms with Crippen LogP contribution in [-0.2, 0) is 0 Å². The van der Waals surface area contributed by atoms with Crippen LogP contribution in [0.25, 0.3) is 11.1 Å². The summed E-state index contributed by atoms with van der Waals surface area (Å²) in [6, 6.07) is 8.30. The Morgan fingerprint density at radius 3 is 1.92 bits per heavy atom. The van der Waals surface area contributed by atoms with Gasteiger partial charge in [0.05, 0.1) is 16.7 Å². The quantitative estimate of drug-likeness (QED) is 0.721. The van der Waals surface area contributed by atoms with Crippen molar-refractivity contribution in [3.05, 3.63) is 58.7 Å². The third-order valence-corrected chi connectivity index (χ3v) is 3.46. The number of rotatable bonds is 5. The fourth-order valence-electron chi connectivity index (χ4n) is 2.27. The summed E-state index contributed by atoms with van der Waals surface area (Å²) >= 11 is 0. The van der Waals surface area contributed by atoms with Gasteiger partial charge in [-0.3, -0.25) is 9.59 Å². The Bertz CT molecular complexity index is 856. The molecule has 2 aromatic rings. The van der Waals surface area contributed by atoms with Gasteiger partial charge in [0.15, 0.2) is 6.29 Å². The summed E-state index contributed by atoms with van der Waals surface area (Å²) in [7, 11) is 1.38. The molecular weight excluding hydrogens is 314 g/mol. The lowest BCUT2D eigenvalue weighted by atomic mass is 9.96. The summed E-state index contributed by atoms with van der Waals surface area (Å²) in [5.74, 6) is -3.03. The van der Waals surface area contributed by atoms with E-state index in [1.165, 1.54) is 43.4 Å². The predicted molar refractivity (Wildman–Crippen MR) is 84.6 cm³/mol. The number of carbonyl (C=O) groups excluding carboxylic acids is 2. The molecule has 0 aromatic heterocycles. The second-order valence-electron chi connectivity index (χ2n) is 4.87. The van der Waals surface area contributed by atoms with Gasteiger partial charge in [-0.15, -0.1) is 0 Å². The summed E-state index contributed by atoms with van der Waals surface area (Å²) in [5.41, 5.74) is 0.641. The number of benzene rings is 2. The number of hydrogen-bond donors (Lipinski definition) is 3. The van der Waals surface area contributed by atoms with Crippen LogP contribution >= 0.6 is 0 Å². The van der Waals surface area contributed by atoms with E-state index in [0.717, 1.165) is 0 Å². The number of nitrogens with one attached hydrogen (secondary N) is 1. The molecule has 0 aliphatic rings. The SMILES string of the molecule is CNC(=O)c1cc(-c2ccc(C(=O)O)c(C=O)c2)ccc1C(=O)O. The first-order valence-corrected chi connectivity index (χ1v) is 6.81. The van der Waals surface area contributed by atoms with Crippen LogP contribution in [0, 0.1) is 0 Å². The van der Waals surface area contributed by atoms with Crippen LogP contribution in [0.15, 0.2) is 36.4 Å². The van der Waals surface area contributed by atoms with Crippen molar-refractivity contribution < 1.29 is 29.4 Å². The van der Waals surface area contributed by atoms with Crippen LogP contribution in [0.5, 0.6) is 0 Å². The highest BCUT2D eigenvalue weighted by Gasteiger charge is 2.17. The highest BCUT2D eigenvalue weighted by atomic mass is 16.4. The van der Waals surface area contributed by atoms with E-state index in [4.69, 9.17) is 10.2 Å². The average Bonchev–Trinajstić information content (AvgIpc) is 2.59. The van der Waals surface area contributed by atoms with Gasteiger partial charge in [-0.05, 0) is 35.4 Å². The Labute approximate surface area is 136 Å². The van der Waals surface area contributed by atoms with Crippen molar-refractivity contribution in [1.29, 1.82) is 0 Å². The summed E-state index contributed by atoms with van der Waals surface area (Å²) in [6.07, 6.45) is 0.429. The van der Waals surface area contributed by atoms with Crippen molar-refractivity contribution in [2.75, 3.05) is 7.05 Å². The minimum atomic E-state index is -1.24. The Hall–Kier alpha value is -3.48. The molecule has 0 heterocycles. The van der Waals surface area contributed by atoms with Crippen molar-refractivity contribution in [2.45, 2.75) is 0 Å². The molecule has 24 heavy (non-hydrogen) atoms. The summed E-state index contributed by atoms with van der Waals surface area (Å²) in [5, 5.41) is 20.6. The van der Waals surface area contributed by atoms with Gasteiger partial charge in [-0.2, -0.15) is 0 Å². The number of aromatic carboxylic acids is 2.